The fourth-order valence-electron chi connectivity index (χ4n) is 1.82. The molecular weight excluding hydrogens is 243 g/mol. The fraction of sp³-hybridized carbons (Fsp3) is 0.400. The van der Waals surface area contributed by atoms with Gasteiger partial charge in [0.05, 0.1) is 6.04 Å². The van der Waals surface area contributed by atoms with Crippen LogP contribution in [0.25, 0.3) is 0 Å². The molecule has 0 aliphatic carbocycles. The van der Waals surface area contributed by atoms with Gasteiger partial charge in [0.25, 0.3) is 0 Å². The smallest absolute Gasteiger partial charge is 0.243 e. The third-order valence-corrected chi connectivity index (χ3v) is 2.75. The highest BCUT2D eigenvalue weighted by Crippen LogP contribution is 2.18. The van der Waals surface area contributed by atoms with E-state index in [1.54, 1.807) is 12.1 Å². The van der Waals surface area contributed by atoms with Crippen molar-refractivity contribution in [2.45, 2.75) is 19.9 Å². The average molecular weight is 264 g/mol. The van der Waals surface area contributed by atoms with E-state index in [0.717, 1.165) is 11.1 Å². The predicted octanol–water partition coefficient (Wildman–Crippen LogP) is 2.51. The summed E-state index contributed by atoms with van der Waals surface area (Å²) in [5.74, 6) is -0.386. The van der Waals surface area contributed by atoms with Crippen molar-refractivity contribution in [3.63, 3.8) is 0 Å². The molecule has 1 unspecified atom stereocenters. The van der Waals surface area contributed by atoms with Gasteiger partial charge in [-0.3, -0.25) is 4.79 Å². The van der Waals surface area contributed by atoms with Gasteiger partial charge in [-0.05, 0) is 45.6 Å². The number of nitrogens with one attached hydrogen (secondary N) is 1. The predicted molar refractivity (Wildman–Crippen MR) is 75.3 cm³/mol. The third-order valence-electron chi connectivity index (χ3n) is 2.75. The van der Waals surface area contributed by atoms with Crippen molar-refractivity contribution in [2.24, 2.45) is 0 Å². The Morgan fingerprint density at radius 2 is 2.11 bits per heavy atom. The summed E-state index contributed by atoms with van der Waals surface area (Å²) in [6.45, 7) is 4.18. The summed E-state index contributed by atoms with van der Waals surface area (Å²) in [6, 6.07) is 6.40. The number of carbonyl (C=O) groups excluding carboxylic acids is 1. The maximum atomic E-state index is 13.2. The van der Waals surface area contributed by atoms with Crippen LogP contribution in [0.5, 0.6) is 0 Å². The molecule has 0 spiro atoms. The highest BCUT2D eigenvalue weighted by molar-refractivity contribution is 5.88. The highest BCUT2D eigenvalue weighted by Gasteiger charge is 2.15. The number of carbonyl (C=O) groups is 1. The van der Waals surface area contributed by atoms with E-state index >= 15 is 0 Å². The fourth-order valence-corrected chi connectivity index (χ4v) is 1.82. The first-order chi connectivity index (χ1) is 8.90. The molecule has 0 bridgehead atoms. The number of rotatable bonds is 5. The summed E-state index contributed by atoms with van der Waals surface area (Å²) in [4.78, 5) is 13.6. The lowest BCUT2D eigenvalue weighted by Crippen LogP contribution is -2.33. The molecule has 1 amide bonds. The molecule has 0 saturated carbocycles. The Morgan fingerprint density at radius 3 is 2.63 bits per heavy atom. The molecule has 1 aromatic rings. The SMILES string of the molecule is CC(C)=CC(=O)NCC(c1cccc(F)c1)N(C)C. The molecule has 19 heavy (non-hydrogen) atoms. The molecule has 1 rings (SSSR count). The van der Waals surface area contributed by atoms with Crippen LogP contribution in [-0.2, 0) is 4.79 Å². The zero-order valence-corrected chi connectivity index (χ0v) is 11.9. The Labute approximate surface area is 114 Å². The van der Waals surface area contributed by atoms with E-state index in [1.807, 2.05) is 38.9 Å². The number of amides is 1. The van der Waals surface area contributed by atoms with E-state index in [1.165, 1.54) is 12.1 Å². The second-order valence-corrected chi connectivity index (χ2v) is 5.00. The van der Waals surface area contributed by atoms with Crippen molar-refractivity contribution in [3.05, 3.63) is 47.3 Å². The average Bonchev–Trinajstić information content (AvgIpc) is 2.27. The Hall–Kier alpha value is -1.68. The second kappa shape index (κ2) is 7.04. The largest absolute Gasteiger partial charge is 0.351 e. The summed E-state index contributed by atoms with van der Waals surface area (Å²) in [5.41, 5.74) is 1.80. The van der Waals surface area contributed by atoms with Crippen LogP contribution in [0.2, 0.25) is 0 Å². The normalized spacial score (nSPS) is 12.1. The van der Waals surface area contributed by atoms with Crippen molar-refractivity contribution in [3.8, 4) is 0 Å². The molecule has 1 aromatic carbocycles. The van der Waals surface area contributed by atoms with Crippen LogP contribution < -0.4 is 5.32 Å². The first-order valence-electron chi connectivity index (χ1n) is 6.24. The van der Waals surface area contributed by atoms with Gasteiger partial charge >= 0.3 is 0 Å². The summed E-state index contributed by atoms with van der Waals surface area (Å²) >= 11 is 0. The number of benzene rings is 1. The number of nitrogens with zero attached hydrogens (tertiary/aromatic N) is 1. The lowest BCUT2D eigenvalue weighted by molar-refractivity contribution is -0.116. The van der Waals surface area contributed by atoms with Crippen LogP contribution in [0.1, 0.15) is 25.5 Å². The number of allylic oxidation sites excluding steroid dienone is 1. The van der Waals surface area contributed by atoms with Gasteiger partial charge in [0.15, 0.2) is 0 Å². The van der Waals surface area contributed by atoms with Gasteiger partial charge in [0, 0.05) is 12.6 Å². The van der Waals surface area contributed by atoms with E-state index in [-0.39, 0.29) is 17.8 Å². The summed E-state index contributed by atoms with van der Waals surface area (Å²) < 4.78 is 13.2. The van der Waals surface area contributed by atoms with E-state index in [9.17, 15) is 9.18 Å². The lowest BCUT2D eigenvalue weighted by atomic mass is 10.1. The summed E-state index contributed by atoms with van der Waals surface area (Å²) in [6.07, 6.45) is 1.55. The first-order valence-corrected chi connectivity index (χ1v) is 6.24. The third kappa shape index (κ3) is 5.22. The molecular formula is C15H21FN2O. The van der Waals surface area contributed by atoms with Crippen LogP contribution in [0.4, 0.5) is 4.39 Å². The van der Waals surface area contributed by atoms with Crippen LogP contribution >= 0.6 is 0 Å². The molecule has 0 aromatic heterocycles. The topological polar surface area (TPSA) is 32.3 Å². The summed E-state index contributed by atoms with van der Waals surface area (Å²) in [5, 5.41) is 2.83. The molecule has 0 fully saturated rings. The van der Waals surface area contributed by atoms with E-state index in [2.05, 4.69) is 5.32 Å². The highest BCUT2D eigenvalue weighted by atomic mass is 19.1. The molecule has 1 N–H and O–H groups in total. The van der Waals surface area contributed by atoms with Crippen molar-refractivity contribution >= 4 is 5.91 Å². The van der Waals surface area contributed by atoms with Gasteiger partial charge in [-0.1, -0.05) is 17.7 Å². The van der Waals surface area contributed by atoms with Gasteiger partial charge in [0.2, 0.25) is 5.91 Å². The molecule has 0 heterocycles. The van der Waals surface area contributed by atoms with Gasteiger partial charge in [0.1, 0.15) is 5.82 Å². The van der Waals surface area contributed by atoms with Crippen molar-refractivity contribution < 1.29 is 9.18 Å². The Bertz CT molecular complexity index is 465. The minimum atomic E-state index is -0.264. The van der Waals surface area contributed by atoms with Gasteiger partial charge < -0.3 is 10.2 Å². The molecule has 0 aliphatic heterocycles. The number of halogens is 1. The van der Waals surface area contributed by atoms with E-state index in [4.69, 9.17) is 0 Å². The zero-order chi connectivity index (χ0) is 14.4. The molecule has 4 heteroatoms. The maximum absolute atomic E-state index is 13.2. The molecule has 104 valence electrons. The van der Waals surface area contributed by atoms with Crippen LogP contribution in [0, 0.1) is 5.82 Å². The van der Waals surface area contributed by atoms with Crippen molar-refractivity contribution in [1.82, 2.24) is 10.2 Å². The van der Waals surface area contributed by atoms with Crippen molar-refractivity contribution in [1.29, 1.82) is 0 Å². The van der Waals surface area contributed by atoms with Crippen molar-refractivity contribution in [2.75, 3.05) is 20.6 Å². The van der Waals surface area contributed by atoms with Crippen LogP contribution in [0.15, 0.2) is 35.9 Å². The lowest BCUT2D eigenvalue weighted by Gasteiger charge is -2.25. The molecule has 0 saturated heterocycles. The minimum Gasteiger partial charge on any atom is -0.351 e. The zero-order valence-electron chi connectivity index (χ0n) is 11.9. The van der Waals surface area contributed by atoms with Gasteiger partial charge in [-0.15, -0.1) is 0 Å². The quantitative estimate of drug-likeness (QED) is 0.829. The van der Waals surface area contributed by atoms with E-state index < -0.39 is 0 Å². The number of hydrogen-bond donors (Lipinski definition) is 1. The first kappa shape index (κ1) is 15.4. The Morgan fingerprint density at radius 1 is 1.42 bits per heavy atom. The second-order valence-electron chi connectivity index (χ2n) is 5.00. The summed E-state index contributed by atoms with van der Waals surface area (Å²) in [7, 11) is 3.81. The molecule has 3 nitrogen and oxygen atoms in total. The number of hydrogen-bond acceptors (Lipinski definition) is 2. The van der Waals surface area contributed by atoms with Gasteiger partial charge in [-0.2, -0.15) is 0 Å². The Balaban J connectivity index is 2.75. The number of likely N-dealkylation sites (N-methyl/N-ethyl adjacent to an activating group) is 1. The van der Waals surface area contributed by atoms with Gasteiger partial charge in [-0.25, -0.2) is 4.39 Å². The molecule has 1 atom stereocenters. The monoisotopic (exact) mass is 264 g/mol. The maximum Gasteiger partial charge on any atom is 0.243 e. The molecule has 0 radical (unpaired) electrons. The van der Waals surface area contributed by atoms with Crippen LogP contribution in [0.3, 0.4) is 0 Å². The Kier molecular flexibility index (Phi) is 5.70. The van der Waals surface area contributed by atoms with Crippen LogP contribution in [-0.4, -0.2) is 31.4 Å². The minimum absolute atomic E-state index is 0.0507. The molecule has 0 aliphatic rings. The van der Waals surface area contributed by atoms with E-state index in [0.29, 0.717) is 6.54 Å². The standard InChI is InChI=1S/C15H21FN2O/c1-11(2)8-15(19)17-10-14(18(3)4)12-6-5-7-13(16)9-12/h5-9,14H,10H2,1-4H3,(H,17,19).